The zero-order valence-corrected chi connectivity index (χ0v) is 13.2. The van der Waals surface area contributed by atoms with Gasteiger partial charge in [0, 0.05) is 27.9 Å². The summed E-state index contributed by atoms with van der Waals surface area (Å²) in [5.74, 6) is -0.237. The van der Waals surface area contributed by atoms with Gasteiger partial charge in [0.1, 0.15) is 0 Å². The average molecular weight is 281 g/mol. The van der Waals surface area contributed by atoms with Crippen LogP contribution in [0.15, 0.2) is 17.7 Å². The Balaban J connectivity index is 2.59. The van der Waals surface area contributed by atoms with Crippen LogP contribution in [0.25, 0.3) is 0 Å². The summed E-state index contributed by atoms with van der Waals surface area (Å²) in [4.78, 5) is 14.1. The molecule has 1 heterocycles. The molecule has 1 rings (SSSR count). The SMILES string of the molecule is CC/C(=C/CNC(C)c1cc(C)sc1C)C(=O)OC. The topological polar surface area (TPSA) is 38.3 Å². The summed E-state index contributed by atoms with van der Waals surface area (Å²) in [6.45, 7) is 9.05. The highest BCUT2D eigenvalue weighted by molar-refractivity contribution is 7.12. The zero-order chi connectivity index (χ0) is 14.4. The number of thiophene rings is 1. The summed E-state index contributed by atoms with van der Waals surface area (Å²) in [6.07, 6.45) is 2.61. The van der Waals surface area contributed by atoms with Gasteiger partial charge in [-0.25, -0.2) is 4.79 Å². The van der Waals surface area contributed by atoms with Gasteiger partial charge in [-0.3, -0.25) is 0 Å². The molecule has 0 amide bonds. The van der Waals surface area contributed by atoms with Crippen molar-refractivity contribution in [1.29, 1.82) is 0 Å². The van der Waals surface area contributed by atoms with Crippen molar-refractivity contribution in [1.82, 2.24) is 5.32 Å². The minimum absolute atomic E-state index is 0.237. The van der Waals surface area contributed by atoms with Gasteiger partial charge in [0.15, 0.2) is 0 Å². The number of carbonyl (C=O) groups is 1. The molecule has 0 bridgehead atoms. The number of esters is 1. The molecule has 1 aromatic heterocycles. The molecule has 1 unspecified atom stereocenters. The summed E-state index contributed by atoms with van der Waals surface area (Å²) in [5, 5.41) is 3.42. The zero-order valence-electron chi connectivity index (χ0n) is 12.4. The van der Waals surface area contributed by atoms with Crippen molar-refractivity contribution in [3.8, 4) is 0 Å². The van der Waals surface area contributed by atoms with Crippen molar-refractivity contribution >= 4 is 17.3 Å². The third-order valence-corrected chi connectivity index (χ3v) is 4.13. The van der Waals surface area contributed by atoms with Crippen LogP contribution in [0.1, 0.15) is 41.6 Å². The third-order valence-electron chi connectivity index (χ3n) is 3.15. The summed E-state index contributed by atoms with van der Waals surface area (Å²) < 4.78 is 4.73. The maximum atomic E-state index is 11.4. The molecule has 1 N–H and O–H groups in total. The minimum atomic E-state index is -0.237. The lowest BCUT2D eigenvalue weighted by molar-refractivity contribution is -0.136. The average Bonchev–Trinajstić information content (AvgIpc) is 2.72. The molecule has 1 atom stereocenters. The normalized spacial score (nSPS) is 13.4. The van der Waals surface area contributed by atoms with Gasteiger partial charge in [-0.2, -0.15) is 0 Å². The molecule has 0 spiro atoms. The van der Waals surface area contributed by atoms with Crippen LogP contribution in [0.3, 0.4) is 0 Å². The molecular weight excluding hydrogens is 258 g/mol. The largest absolute Gasteiger partial charge is 0.466 e. The standard InChI is InChI=1S/C15H23NO2S/c1-6-13(15(17)18-5)7-8-16-11(3)14-9-10(2)19-12(14)4/h7,9,11,16H,6,8H2,1-5H3/b13-7-. The highest BCUT2D eigenvalue weighted by Crippen LogP contribution is 2.25. The van der Waals surface area contributed by atoms with E-state index in [2.05, 4.69) is 32.2 Å². The van der Waals surface area contributed by atoms with Crippen LogP contribution in [0.5, 0.6) is 0 Å². The van der Waals surface area contributed by atoms with Gasteiger partial charge in [0.2, 0.25) is 0 Å². The first-order chi connectivity index (χ1) is 8.99. The van der Waals surface area contributed by atoms with E-state index < -0.39 is 0 Å². The predicted molar refractivity (Wildman–Crippen MR) is 80.6 cm³/mol. The minimum Gasteiger partial charge on any atom is -0.466 e. The number of hydrogen-bond acceptors (Lipinski definition) is 4. The summed E-state index contributed by atoms with van der Waals surface area (Å²) >= 11 is 1.82. The Morgan fingerprint density at radius 3 is 2.68 bits per heavy atom. The van der Waals surface area contributed by atoms with Crippen molar-refractivity contribution in [2.45, 2.75) is 40.2 Å². The fraction of sp³-hybridized carbons (Fsp3) is 0.533. The van der Waals surface area contributed by atoms with E-state index in [0.29, 0.717) is 13.0 Å². The number of aryl methyl sites for hydroxylation is 2. The second-order valence-electron chi connectivity index (χ2n) is 4.57. The third kappa shape index (κ3) is 4.48. The maximum Gasteiger partial charge on any atom is 0.333 e. The molecule has 0 saturated heterocycles. The van der Waals surface area contributed by atoms with E-state index in [9.17, 15) is 4.79 Å². The number of carbonyl (C=O) groups excluding carboxylic acids is 1. The Morgan fingerprint density at radius 1 is 1.53 bits per heavy atom. The van der Waals surface area contributed by atoms with Crippen LogP contribution in [0, 0.1) is 13.8 Å². The van der Waals surface area contributed by atoms with Gasteiger partial charge >= 0.3 is 5.97 Å². The van der Waals surface area contributed by atoms with Gasteiger partial charge in [0.05, 0.1) is 7.11 Å². The second kappa shape index (κ2) is 7.46. The molecule has 19 heavy (non-hydrogen) atoms. The predicted octanol–water partition coefficient (Wildman–Crippen LogP) is 3.52. The Bertz CT molecular complexity index is 463. The van der Waals surface area contributed by atoms with Gasteiger partial charge in [-0.05, 0) is 38.8 Å². The van der Waals surface area contributed by atoms with Gasteiger partial charge < -0.3 is 10.1 Å². The van der Waals surface area contributed by atoms with Crippen LogP contribution in [0.4, 0.5) is 0 Å². The lowest BCUT2D eigenvalue weighted by atomic mass is 10.1. The summed E-state index contributed by atoms with van der Waals surface area (Å²) in [5.41, 5.74) is 2.06. The van der Waals surface area contributed by atoms with Crippen LogP contribution in [-0.4, -0.2) is 19.6 Å². The molecule has 0 aliphatic rings. The second-order valence-corrected chi connectivity index (χ2v) is 6.03. The highest BCUT2D eigenvalue weighted by atomic mass is 32.1. The van der Waals surface area contributed by atoms with Gasteiger partial charge in [-0.1, -0.05) is 13.0 Å². The molecule has 0 aromatic carbocycles. The van der Waals surface area contributed by atoms with E-state index in [-0.39, 0.29) is 12.0 Å². The molecule has 1 aromatic rings. The molecule has 0 radical (unpaired) electrons. The molecule has 0 aliphatic heterocycles. The van der Waals surface area contributed by atoms with E-state index in [1.54, 1.807) is 0 Å². The molecule has 106 valence electrons. The molecule has 0 aliphatic carbocycles. The number of rotatable bonds is 6. The smallest absolute Gasteiger partial charge is 0.333 e. The number of methoxy groups -OCH3 is 1. The van der Waals surface area contributed by atoms with Gasteiger partial charge in [-0.15, -0.1) is 11.3 Å². The first-order valence-electron chi connectivity index (χ1n) is 6.57. The van der Waals surface area contributed by atoms with Crippen LogP contribution < -0.4 is 5.32 Å². The van der Waals surface area contributed by atoms with E-state index >= 15 is 0 Å². The Hall–Kier alpha value is -1.13. The highest BCUT2D eigenvalue weighted by Gasteiger charge is 2.11. The Morgan fingerprint density at radius 2 is 2.21 bits per heavy atom. The van der Waals surface area contributed by atoms with Crippen molar-refractivity contribution in [2.24, 2.45) is 0 Å². The van der Waals surface area contributed by atoms with E-state index in [1.165, 1.54) is 22.4 Å². The fourth-order valence-electron chi connectivity index (χ4n) is 2.05. The van der Waals surface area contributed by atoms with Crippen LogP contribution >= 0.6 is 11.3 Å². The molecule has 0 saturated carbocycles. The van der Waals surface area contributed by atoms with E-state index in [1.807, 2.05) is 24.3 Å². The van der Waals surface area contributed by atoms with Crippen molar-refractivity contribution in [3.05, 3.63) is 33.0 Å². The van der Waals surface area contributed by atoms with Crippen LogP contribution in [0.2, 0.25) is 0 Å². The van der Waals surface area contributed by atoms with E-state index in [0.717, 1.165) is 5.57 Å². The first kappa shape index (κ1) is 15.9. The Kier molecular flexibility index (Phi) is 6.25. The molecule has 0 fully saturated rings. The molecular formula is C15H23NO2S. The van der Waals surface area contributed by atoms with Gasteiger partial charge in [0.25, 0.3) is 0 Å². The van der Waals surface area contributed by atoms with E-state index in [4.69, 9.17) is 4.74 Å². The van der Waals surface area contributed by atoms with Crippen LogP contribution in [-0.2, 0) is 9.53 Å². The Labute approximate surface area is 119 Å². The van der Waals surface area contributed by atoms with Crippen molar-refractivity contribution in [2.75, 3.05) is 13.7 Å². The van der Waals surface area contributed by atoms with Crippen molar-refractivity contribution in [3.63, 3.8) is 0 Å². The number of ether oxygens (including phenoxy) is 1. The quantitative estimate of drug-likeness (QED) is 0.640. The monoisotopic (exact) mass is 281 g/mol. The number of nitrogens with one attached hydrogen (secondary N) is 1. The molecule has 4 heteroatoms. The number of hydrogen-bond donors (Lipinski definition) is 1. The maximum absolute atomic E-state index is 11.4. The lowest BCUT2D eigenvalue weighted by Crippen LogP contribution is -2.19. The molecule has 3 nitrogen and oxygen atoms in total. The first-order valence-corrected chi connectivity index (χ1v) is 7.38. The lowest BCUT2D eigenvalue weighted by Gasteiger charge is -2.12. The summed E-state index contributed by atoms with van der Waals surface area (Å²) in [7, 11) is 1.42. The summed E-state index contributed by atoms with van der Waals surface area (Å²) in [6, 6.07) is 2.51. The fourth-order valence-corrected chi connectivity index (χ4v) is 3.07. The van der Waals surface area contributed by atoms with Crippen molar-refractivity contribution < 1.29 is 9.53 Å².